The molecule has 0 saturated carbocycles. The first-order chi connectivity index (χ1) is 51.6. The number of nitro benzene ring substituents is 1. The van der Waals surface area contributed by atoms with Crippen molar-refractivity contribution in [1.29, 1.82) is 5.26 Å². The summed E-state index contributed by atoms with van der Waals surface area (Å²) in [5.41, 5.74) is 3.07. The van der Waals surface area contributed by atoms with Crippen LogP contribution < -0.4 is 40.9 Å². The molecule has 10 aromatic rings. The van der Waals surface area contributed by atoms with Gasteiger partial charge in [0.05, 0.1) is 22.8 Å². The highest BCUT2D eigenvalue weighted by Crippen LogP contribution is 2.24. The van der Waals surface area contributed by atoms with Crippen molar-refractivity contribution in [3.05, 3.63) is 331 Å². The van der Waals surface area contributed by atoms with Crippen LogP contribution in [0.2, 0.25) is 5.02 Å². The summed E-state index contributed by atoms with van der Waals surface area (Å²) in [6, 6.07) is 58.3. The Kier molecular flexibility index (Phi) is 38.1. The molecular formula is C85H69ClN2O20S-8. The number of phenolic OH excluding ortho intramolecular Hbond substituents is 1. The molecule has 0 fully saturated rings. The number of rotatable bonds is 17. The number of hydrogen-bond donors (Lipinski definition) is 1. The number of nitriles is 1. The first kappa shape index (κ1) is 89.1. The van der Waals surface area contributed by atoms with Gasteiger partial charge in [0.15, 0.2) is 46.3 Å². The van der Waals surface area contributed by atoms with Gasteiger partial charge in [0.2, 0.25) is 0 Å². The number of hydrogen-bond acceptors (Lipinski definition) is 22. The highest BCUT2D eigenvalue weighted by molar-refractivity contribution is 7.11. The zero-order chi connectivity index (χ0) is 81.3. The van der Waals surface area contributed by atoms with Crippen molar-refractivity contribution in [3.63, 3.8) is 0 Å². The minimum Gasteiger partial charge on any atom is -0.872 e. The smallest absolute Gasteiger partial charge is 0.269 e. The van der Waals surface area contributed by atoms with E-state index < -0.39 is 10.7 Å². The number of non-ortho nitro benzene ring substituents is 1. The Labute approximate surface area is 636 Å². The molecule has 1 N–H and O–H groups in total. The summed E-state index contributed by atoms with van der Waals surface area (Å²) in [5.74, 6) is -4.25. The molecule has 109 heavy (non-hydrogen) atoms. The van der Waals surface area contributed by atoms with Crippen molar-refractivity contribution in [2.24, 2.45) is 0 Å². The van der Waals surface area contributed by atoms with Gasteiger partial charge in [-0.25, -0.2) is 0 Å². The number of fused-ring (bicyclic) bond motifs is 2. The summed E-state index contributed by atoms with van der Waals surface area (Å²) in [6.45, 7) is 10.7. The van der Waals surface area contributed by atoms with Crippen LogP contribution in [0.1, 0.15) is 105 Å². The second-order valence-corrected chi connectivity index (χ2v) is 23.9. The lowest BCUT2D eigenvalue weighted by molar-refractivity contribution is -0.384. The van der Waals surface area contributed by atoms with Crippen LogP contribution in [0.25, 0.3) is 67.6 Å². The van der Waals surface area contributed by atoms with Crippen molar-refractivity contribution in [2.75, 3.05) is 0 Å². The molecule has 0 aliphatic heterocycles. The lowest BCUT2D eigenvalue weighted by Crippen LogP contribution is -2.04. The number of carbonyl (C=O) groups excluding carboxylic acids is 8. The molecule has 24 heteroatoms. The number of phenols is 1. The maximum atomic E-state index is 11.8. The van der Waals surface area contributed by atoms with Crippen LogP contribution in [-0.2, 0) is 38.4 Å². The predicted molar refractivity (Wildman–Crippen MR) is 404 cm³/mol. The number of nitro groups is 1. The first-order valence-corrected chi connectivity index (χ1v) is 33.3. The summed E-state index contributed by atoms with van der Waals surface area (Å²) < 4.78 is 4.76. The van der Waals surface area contributed by atoms with Crippen LogP contribution in [0, 0.1) is 21.4 Å². The standard InChI is InChI=1S/2C14H12O2.C11H9NO2.C10H9ClO2.C10H9NO4.C10H10O3.C8H8O3.C8H8O2S/c1-10(15)9-14(16)13-8-4-6-11-5-2-3-7-12(11)13;1-10(15)8-14(16)13-7-6-11-4-2-3-5-12(11)9-13;1-8(13)6-11(14)10-4-2-9(7-12)3-5-10;1-7(12)6-10(13)8-2-4-9(11)5-3-8;1-7(12)6-10(13)8-2-4-9(5-3-8)11(14)15;1-7(11)6-10(13)8-2-4-9(12)5-3-8;2*1-6(9)5-7(10)8-3-2-4-11-8/h2*2-9,16H,1H3;2-6,14H,1H3;2-6,13H,1H3;2-6,13H,1H3;2-6,12-13H,1H3;2*2-5,10H,1H3/p-8/b14-9-;14-8-;11-6-;3*10-6-;2*7-5-. The highest BCUT2D eigenvalue weighted by atomic mass is 35.5. The molecule has 22 nitrogen and oxygen atoms in total. The molecule has 0 aliphatic carbocycles. The minimum absolute atomic E-state index is 0.0885. The number of thiophene rings is 1. The average molecular weight is 1510 g/mol. The van der Waals surface area contributed by atoms with Gasteiger partial charge in [-0.05, 0) is 237 Å². The van der Waals surface area contributed by atoms with E-state index in [4.69, 9.17) is 26.4 Å². The molecule has 0 bridgehead atoms. The third kappa shape index (κ3) is 34.8. The monoisotopic (exact) mass is 1500 g/mol. The SMILES string of the molecule is CC(=O)/C=C(\[O-])c1ccc(C#N)cc1.CC(=O)/C=C(\[O-])c1ccc(Cl)cc1.CC(=O)/C=C(\[O-])c1ccc(O)cc1.CC(=O)/C=C(\[O-])c1ccc([N+](=O)[O-])cc1.CC(=O)/C=C(\[O-])c1ccc2ccccc2c1.CC(=O)/C=C(\[O-])c1cccc2ccccc12.CC(=O)/C=C(\[O-])c1ccco1.CC(=O)/C=C(\[O-])c1cccs1. The van der Waals surface area contributed by atoms with E-state index in [0.717, 1.165) is 70.2 Å². The van der Waals surface area contributed by atoms with E-state index in [2.05, 4.69) is 0 Å². The second kappa shape index (κ2) is 46.6. The van der Waals surface area contributed by atoms with E-state index in [1.165, 1.54) is 140 Å². The normalized spacial score (nSPS) is 11.4. The van der Waals surface area contributed by atoms with Crippen molar-refractivity contribution in [3.8, 4) is 11.8 Å². The number of carbonyl (C=O) groups is 8. The molecule has 0 atom stereocenters. The Morgan fingerprint density at radius 2 is 0.780 bits per heavy atom. The van der Waals surface area contributed by atoms with Crippen LogP contribution in [-0.4, -0.2) is 56.3 Å². The van der Waals surface area contributed by atoms with Gasteiger partial charge in [0, 0.05) is 22.0 Å². The van der Waals surface area contributed by atoms with Gasteiger partial charge in [-0.3, -0.25) is 48.5 Å². The Morgan fingerprint density at radius 3 is 1.20 bits per heavy atom. The topological polar surface area (TPSA) is 421 Å². The van der Waals surface area contributed by atoms with E-state index in [-0.39, 0.29) is 109 Å². The lowest BCUT2D eigenvalue weighted by Gasteiger charge is -2.14. The molecule has 0 amide bonds. The molecule has 560 valence electrons. The van der Waals surface area contributed by atoms with Gasteiger partial charge >= 0.3 is 0 Å². The third-order valence-corrected chi connectivity index (χ3v) is 14.4. The Morgan fingerprint density at radius 1 is 0.404 bits per heavy atom. The van der Waals surface area contributed by atoms with Crippen LogP contribution in [0.5, 0.6) is 5.75 Å². The molecule has 2 aromatic heterocycles. The van der Waals surface area contributed by atoms with Gasteiger partial charge in [0.1, 0.15) is 11.5 Å². The Bertz CT molecular complexity index is 4950. The fourth-order valence-electron chi connectivity index (χ4n) is 8.43. The maximum Gasteiger partial charge on any atom is 0.269 e. The van der Waals surface area contributed by atoms with Gasteiger partial charge in [-0.1, -0.05) is 179 Å². The highest BCUT2D eigenvalue weighted by Gasteiger charge is 2.05. The van der Waals surface area contributed by atoms with E-state index >= 15 is 0 Å². The van der Waals surface area contributed by atoms with E-state index in [1.54, 1.807) is 78.2 Å². The van der Waals surface area contributed by atoms with Gasteiger partial charge in [0.25, 0.3) is 5.69 Å². The fourth-order valence-corrected chi connectivity index (χ4v) is 9.19. The fraction of sp³-hybridized carbons (Fsp3) is 0.0941. The van der Waals surface area contributed by atoms with Crippen LogP contribution >= 0.6 is 22.9 Å². The van der Waals surface area contributed by atoms with Gasteiger partial charge in [-0.15, -0.1) is 11.3 Å². The van der Waals surface area contributed by atoms with Crippen molar-refractivity contribution < 1.29 is 93.7 Å². The summed E-state index contributed by atoms with van der Waals surface area (Å²) in [4.78, 5) is 95.4. The molecule has 0 unspecified atom stereocenters. The molecule has 8 aromatic carbocycles. The number of nitrogens with zero attached hydrogens (tertiary/aromatic N) is 2. The number of aromatic hydroxyl groups is 1. The quantitative estimate of drug-likeness (QED) is 0.0383. The number of ketones is 8. The van der Waals surface area contributed by atoms with Crippen LogP contribution in [0.4, 0.5) is 5.69 Å². The van der Waals surface area contributed by atoms with E-state index in [1.807, 2.05) is 72.8 Å². The summed E-state index contributed by atoms with van der Waals surface area (Å²) in [5, 5.41) is 125. The predicted octanol–water partition coefficient (Wildman–Crippen LogP) is 9.91. The zero-order valence-electron chi connectivity index (χ0n) is 59.8. The molecule has 0 saturated heterocycles. The summed E-state index contributed by atoms with van der Waals surface area (Å²) in [7, 11) is 0. The Balaban J connectivity index is 0.000000324. The lowest BCUT2D eigenvalue weighted by atomic mass is 10.0. The molecule has 0 aliphatic rings. The molecule has 10 rings (SSSR count). The van der Waals surface area contributed by atoms with Crippen LogP contribution in [0.3, 0.4) is 0 Å². The van der Waals surface area contributed by atoms with Crippen molar-refractivity contribution >= 4 is 143 Å². The maximum absolute atomic E-state index is 11.8. The minimum atomic E-state index is -0.553. The van der Waals surface area contributed by atoms with Gasteiger partial charge in [-0.2, -0.15) is 5.26 Å². The molecular weight excluding hydrogens is 1440 g/mol. The first-order valence-electron chi connectivity index (χ1n) is 32.1. The molecule has 0 radical (unpaired) electrons. The Hall–Kier alpha value is -14.1. The second-order valence-electron chi connectivity index (χ2n) is 22.5. The van der Waals surface area contributed by atoms with Crippen molar-refractivity contribution in [2.45, 2.75) is 55.4 Å². The van der Waals surface area contributed by atoms with Crippen LogP contribution in [0.15, 0.2) is 271 Å². The van der Waals surface area contributed by atoms with E-state index in [0.29, 0.717) is 43.3 Å². The van der Waals surface area contributed by atoms with Crippen molar-refractivity contribution in [1.82, 2.24) is 0 Å². The largest absolute Gasteiger partial charge is 0.872 e. The number of allylic oxidation sites excluding steroid dienone is 8. The zero-order valence-corrected chi connectivity index (χ0v) is 61.4. The number of halogens is 1. The average Bonchev–Trinajstić information content (AvgIpc) is 1.14. The number of benzene rings is 8. The molecule has 2 heterocycles. The van der Waals surface area contributed by atoms with E-state index in [9.17, 15) is 89.3 Å². The van der Waals surface area contributed by atoms with Gasteiger partial charge < -0.3 is 50.4 Å². The third-order valence-electron chi connectivity index (χ3n) is 13.2. The number of furan rings is 1. The summed E-state index contributed by atoms with van der Waals surface area (Å²) >= 11 is 6.97. The summed E-state index contributed by atoms with van der Waals surface area (Å²) in [6.07, 6.45) is 9.79. The molecule has 0 spiro atoms.